The molecule has 0 rings (SSSR count). The van der Waals surface area contributed by atoms with Crippen LogP contribution in [0.1, 0.15) is 6.42 Å². The topological polar surface area (TPSA) is 109 Å². The average Bonchev–Trinajstić information content (AvgIpc) is 1.79. The van der Waals surface area contributed by atoms with Gasteiger partial charge in [0.1, 0.15) is 0 Å². The van der Waals surface area contributed by atoms with Crippen molar-refractivity contribution in [2.75, 3.05) is 6.26 Å². The van der Waals surface area contributed by atoms with Crippen molar-refractivity contribution < 1.29 is 28.2 Å². The van der Waals surface area contributed by atoms with E-state index in [2.05, 4.69) is 0 Å². The molecule has 1 atom stereocenters. The summed E-state index contributed by atoms with van der Waals surface area (Å²) < 4.78 is 21.3. The number of rotatable bonds is 4. The van der Waals surface area contributed by atoms with Gasteiger partial charge in [-0.3, -0.25) is 9.59 Å². The maximum absolute atomic E-state index is 10.7. The van der Waals surface area contributed by atoms with E-state index in [1.165, 1.54) is 0 Å². The molecule has 0 aliphatic heterocycles. The first-order valence-electron chi connectivity index (χ1n) is 2.88. The van der Waals surface area contributed by atoms with Crippen LogP contribution in [0.15, 0.2) is 0 Å². The van der Waals surface area contributed by atoms with Crippen molar-refractivity contribution in [2.24, 2.45) is 0 Å². The van der Waals surface area contributed by atoms with Gasteiger partial charge >= 0.3 is 11.9 Å². The number of sulfone groups is 1. The molecule has 0 saturated heterocycles. The lowest BCUT2D eigenvalue weighted by Crippen LogP contribution is -2.31. The van der Waals surface area contributed by atoms with E-state index >= 15 is 0 Å². The molecule has 0 aliphatic rings. The van der Waals surface area contributed by atoms with Crippen molar-refractivity contribution in [2.45, 2.75) is 11.7 Å². The molecule has 6 nitrogen and oxygen atoms in total. The van der Waals surface area contributed by atoms with Crippen molar-refractivity contribution in [3.63, 3.8) is 0 Å². The van der Waals surface area contributed by atoms with E-state index in [1.807, 2.05) is 0 Å². The first-order chi connectivity index (χ1) is 5.25. The summed E-state index contributed by atoms with van der Waals surface area (Å²) in [6, 6.07) is 0. The van der Waals surface area contributed by atoms with Gasteiger partial charge in [-0.25, -0.2) is 8.42 Å². The Morgan fingerprint density at radius 3 is 1.83 bits per heavy atom. The van der Waals surface area contributed by atoms with Crippen molar-refractivity contribution in [3.8, 4) is 0 Å². The lowest BCUT2D eigenvalue weighted by Gasteiger charge is -2.05. The molecule has 0 fully saturated rings. The summed E-state index contributed by atoms with van der Waals surface area (Å²) in [5, 5.41) is 14.6. The molecule has 0 bridgehead atoms. The number of hydrogen-bond donors (Lipinski definition) is 2. The average molecular weight is 196 g/mol. The fraction of sp³-hybridized carbons (Fsp3) is 0.600. The standard InChI is InChI=1S/C5H8O6S/c1-12(10,11)3(5(8)9)2-4(6)7/h3H,2H2,1H3,(H,6,7)(H,8,9). The van der Waals surface area contributed by atoms with Crippen LogP contribution in [0.4, 0.5) is 0 Å². The van der Waals surface area contributed by atoms with Crippen molar-refractivity contribution >= 4 is 21.8 Å². The lowest BCUT2D eigenvalue weighted by molar-refractivity contribution is -0.143. The highest BCUT2D eigenvalue weighted by Gasteiger charge is 2.30. The first-order valence-corrected chi connectivity index (χ1v) is 4.84. The van der Waals surface area contributed by atoms with Gasteiger partial charge < -0.3 is 10.2 Å². The van der Waals surface area contributed by atoms with E-state index in [9.17, 15) is 18.0 Å². The van der Waals surface area contributed by atoms with Crippen LogP contribution in [-0.4, -0.2) is 42.1 Å². The van der Waals surface area contributed by atoms with Crippen molar-refractivity contribution in [1.29, 1.82) is 0 Å². The highest BCUT2D eigenvalue weighted by molar-refractivity contribution is 7.92. The van der Waals surface area contributed by atoms with Gasteiger partial charge in [0.15, 0.2) is 15.1 Å². The minimum Gasteiger partial charge on any atom is -0.481 e. The molecule has 12 heavy (non-hydrogen) atoms. The van der Waals surface area contributed by atoms with Crippen LogP contribution >= 0.6 is 0 Å². The predicted molar refractivity (Wildman–Crippen MR) is 38.5 cm³/mol. The van der Waals surface area contributed by atoms with Crippen LogP contribution in [0.2, 0.25) is 0 Å². The third-order valence-electron chi connectivity index (χ3n) is 1.15. The molecule has 70 valence electrons. The van der Waals surface area contributed by atoms with Gasteiger partial charge in [-0.05, 0) is 0 Å². The maximum Gasteiger partial charge on any atom is 0.322 e. The summed E-state index contributed by atoms with van der Waals surface area (Å²) in [5.41, 5.74) is 0. The molecule has 0 spiro atoms. The number of carbonyl (C=O) groups is 2. The molecule has 0 saturated carbocycles. The van der Waals surface area contributed by atoms with E-state index in [4.69, 9.17) is 10.2 Å². The van der Waals surface area contributed by atoms with Crippen molar-refractivity contribution in [3.05, 3.63) is 0 Å². The molecular formula is C5H8O6S. The van der Waals surface area contributed by atoms with Gasteiger partial charge in [0.2, 0.25) is 0 Å². The fourth-order valence-corrected chi connectivity index (χ4v) is 1.39. The SMILES string of the molecule is CS(=O)(=O)C(CC(=O)O)C(=O)O. The predicted octanol–water partition coefficient (Wildman–Crippen LogP) is -1.04. The van der Waals surface area contributed by atoms with Crippen LogP contribution in [0.25, 0.3) is 0 Å². The highest BCUT2D eigenvalue weighted by Crippen LogP contribution is 2.04. The van der Waals surface area contributed by atoms with Gasteiger partial charge in [-0.2, -0.15) is 0 Å². The molecule has 0 aromatic carbocycles. The second kappa shape index (κ2) is 3.53. The monoisotopic (exact) mass is 196 g/mol. The molecule has 2 N–H and O–H groups in total. The normalized spacial score (nSPS) is 13.8. The summed E-state index contributed by atoms with van der Waals surface area (Å²) in [7, 11) is -3.84. The molecular weight excluding hydrogens is 188 g/mol. The lowest BCUT2D eigenvalue weighted by atomic mass is 10.3. The number of carboxylic acids is 2. The van der Waals surface area contributed by atoms with Gasteiger partial charge in [0.25, 0.3) is 0 Å². The summed E-state index contributed by atoms with van der Waals surface area (Å²) in [4.78, 5) is 20.3. The zero-order valence-corrected chi connectivity index (χ0v) is 7.04. The van der Waals surface area contributed by atoms with Gasteiger partial charge in [0, 0.05) is 6.26 Å². The van der Waals surface area contributed by atoms with E-state index < -0.39 is 33.4 Å². The minimum atomic E-state index is -3.84. The molecule has 0 radical (unpaired) electrons. The van der Waals surface area contributed by atoms with E-state index in [1.54, 1.807) is 0 Å². The second-order valence-corrected chi connectivity index (χ2v) is 4.48. The molecule has 0 aromatic rings. The Morgan fingerprint density at radius 1 is 1.33 bits per heavy atom. The number of carboxylic acid groups (broad SMARTS) is 2. The fourth-order valence-electron chi connectivity index (χ4n) is 0.580. The number of hydrogen-bond acceptors (Lipinski definition) is 4. The Morgan fingerprint density at radius 2 is 1.75 bits per heavy atom. The summed E-state index contributed by atoms with van der Waals surface area (Å²) in [5.74, 6) is -3.09. The second-order valence-electron chi connectivity index (χ2n) is 2.25. The summed E-state index contributed by atoms with van der Waals surface area (Å²) >= 11 is 0. The van der Waals surface area contributed by atoms with Crippen LogP contribution in [0, 0.1) is 0 Å². The Balaban J connectivity index is 4.70. The molecule has 1 unspecified atom stereocenters. The van der Waals surface area contributed by atoms with E-state index in [-0.39, 0.29) is 0 Å². The molecule has 0 aromatic heterocycles. The highest BCUT2D eigenvalue weighted by atomic mass is 32.2. The minimum absolute atomic E-state index is 0.689. The van der Waals surface area contributed by atoms with Crippen molar-refractivity contribution in [1.82, 2.24) is 0 Å². The Bertz CT molecular complexity index is 289. The molecule has 0 aliphatic carbocycles. The Hall–Kier alpha value is -1.11. The van der Waals surface area contributed by atoms with Crippen LogP contribution in [0.5, 0.6) is 0 Å². The zero-order valence-electron chi connectivity index (χ0n) is 6.22. The third-order valence-corrected chi connectivity index (χ3v) is 2.55. The van der Waals surface area contributed by atoms with E-state index in [0.29, 0.717) is 6.26 Å². The summed E-state index contributed by atoms with van der Waals surface area (Å²) in [6.45, 7) is 0. The Kier molecular flexibility index (Phi) is 3.20. The van der Waals surface area contributed by atoms with Crippen LogP contribution in [-0.2, 0) is 19.4 Å². The van der Waals surface area contributed by atoms with Gasteiger partial charge in [-0.15, -0.1) is 0 Å². The zero-order chi connectivity index (χ0) is 9.94. The van der Waals surface area contributed by atoms with Crippen LogP contribution in [0.3, 0.4) is 0 Å². The van der Waals surface area contributed by atoms with E-state index in [0.717, 1.165) is 0 Å². The molecule has 0 heterocycles. The quantitative estimate of drug-likeness (QED) is 0.594. The Labute approximate surface area is 68.7 Å². The van der Waals surface area contributed by atoms with Gasteiger partial charge in [-0.1, -0.05) is 0 Å². The number of aliphatic carboxylic acids is 2. The first kappa shape index (κ1) is 10.9. The third kappa shape index (κ3) is 3.33. The van der Waals surface area contributed by atoms with Gasteiger partial charge in [0.05, 0.1) is 6.42 Å². The summed E-state index contributed by atoms with van der Waals surface area (Å²) in [6.07, 6.45) is -0.219. The van der Waals surface area contributed by atoms with Crippen LogP contribution < -0.4 is 0 Å². The molecule has 0 amide bonds. The molecule has 7 heteroatoms. The largest absolute Gasteiger partial charge is 0.481 e. The smallest absolute Gasteiger partial charge is 0.322 e. The maximum atomic E-state index is 10.7.